The van der Waals surface area contributed by atoms with Gasteiger partial charge in [0.25, 0.3) is 5.91 Å². The molecule has 2 aromatic heterocycles. The largest absolute Gasteiger partial charge is 0.396 e. The number of para-hydroxylation sites is 1. The number of carbonyl (C=O) groups excluding carboxylic acids is 1. The molecule has 1 aliphatic heterocycles. The highest BCUT2D eigenvalue weighted by Gasteiger charge is 2.22. The number of aryl methyl sites for hydroxylation is 2. The SMILES string of the molecule is Cc1nc(Nc2ncc(C(=O)Nc3c(C)cccc3Cl)n2C)nc(N2CCC(CO)CC2)n1. The number of nitrogens with one attached hydrogen (secondary N) is 2. The lowest BCUT2D eigenvalue weighted by Crippen LogP contribution is -2.36. The number of benzene rings is 1. The Morgan fingerprint density at radius 3 is 2.67 bits per heavy atom. The third-order valence-corrected chi connectivity index (χ3v) is 6.11. The van der Waals surface area contributed by atoms with Crippen molar-refractivity contribution in [2.24, 2.45) is 13.0 Å². The molecule has 11 heteroatoms. The Kier molecular flexibility index (Phi) is 6.75. The number of rotatable bonds is 6. The summed E-state index contributed by atoms with van der Waals surface area (Å²) < 4.78 is 1.63. The zero-order chi connectivity index (χ0) is 23.5. The molecule has 1 aliphatic rings. The molecule has 1 aromatic carbocycles. The van der Waals surface area contributed by atoms with E-state index in [0.29, 0.717) is 46.0 Å². The standard InChI is InChI=1S/C22H27ClN8O2/c1-13-5-4-6-16(23)18(13)27-19(33)17-11-24-21(30(17)3)28-20-25-14(2)26-22(29-20)31-9-7-15(12-32)8-10-31/h4-6,11,15,32H,7-10,12H2,1-3H3,(H,27,33)(H,24,25,26,28,29). The molecule has 0 radical (unpaired) electrons. The number of carbonyl (C=O) groups is 1. The Hall–Kier alpha value is -3.24. The van der Waals surface area contributed by atoms with Crippen LogP contribution in [0, 0.1) is 19.8 Å². The summed E-state index contributed by atoms with van der Waals surface area (Å²) in [5.41, 5.74) is 1.80. The molecule has 3 aromatic rings. The first-order valence-corrected chi connectivity index (χ1v) is 11.2. The lowest BCUT2D eigenvalue weighted by atomic mass is 9.98. The van der Waals surface area contributed by atoms with Crippen molar-refractivity contribution >= 4 is 41.0 Å². The minimum Gasteiger partial charge on any atom is -0.396 e. The van der Waals surface area contributed by atoms with Crippen LogP contribution < -0.4 is 15.5 Å². The van der Waals surface area contributed by atoms with Gasteiger partial charge in [-0.15, -0.1) is 0 Å². The van der Waals surface area contributed by atoms with Crippen molar-refractivity contribution in [3.63, 3.8) is 0 Å². The second-order valence-corrected chi connectivity index (χ2v) is 8.56. The molecule has 4 rings (SSSR count). The number of imidazole rings is 1. The van der Waals surface area contributed by atoms with Gasteiger partial charge < -0.3 is 19.9 Å². The second kappa shape index (κ2) is 9.72. The van der Waals surface area contributed by atoms with Crippen molar-refractivity contribution in [2.45, 2.75) is 26.7 Å². The van der Waals surface area contributed by atoms with Gasteiger partial charge in [-0.25, -0.2) is 4.98 Å². The second-order valence-electron chi connectivity index (χ2n) is 8.16. The van der Waals surface area contributed by atoms with Crippen LogP contribution in [-0.4, -0.2) is 55.2 Å². The van der Waals surface area contributed by atoms with Gasteiger partial charge in [-0.2, -0.15) is 15.0 Å². The maximum Gasteiger partial charge on any atom is 0.274 e. The van der Waals surface area contributed by atoms with Crippen molar-refractivity contribution in [3.8, 4) is 0 Å². The highest BCUT2D eigenvalue weighted by Crippen LogP contribution is 2.26. The van der Waals surface area contributed by atoms with Crippen LogP contribution in [0.2, 0.25) is 5.02 Å². The van der Waals surface area contributed by atoms with Crippen molar-refractivity contribution in [1.82, 2.24) is 24.5 Å². The Morgan fingerprint density at radius 1 is 1.21 bits per heavy atom. The smallest absolute Gasteiger partial charge is 0.274 e. The summed E-state index contributed by atoms with van der Waals surface area (Å²) >= 11 is 6.23. The third kappa shape index (κ3) is 5.07. The summed E-state index contributed by atoms with van der Waals surface area (Å²) in [6, 6.07) is 5.44. The average Bonchev–Trinajstić information content (AvgIpc) is 3.16. The fourth-order valence-corrected chi connectivity index (χ4v) is 4.05. The van der Waals surface area contributed by atoms with Gasteiger partial charge in [0.15, 0.2) is 0 Å². The topological polar surface area (TPSA) is 121 Å². The third-order valence-electron chi connectivity index (χ3n) is 5.80. The molecular formula is C22H27ClN8O2. The van der Waals surface area contributed by atoms with Crippen LogP contribution in [-0.2, 0) is 7.05 Å². The number of hydrogen-bond acceptors (Lipinski definition) is 8. The zero-order valence-corrected chi connectivity index (χ0v) is 19.6. The quantitative estimate of drug-likeness (QED) is 0.502. The van der Waals surface area contributed by atoms with Gasteiger partial charge in [0.05, 0.1) is 16.9 Å². The highest BCUT2D eigenvalue weighted by molar-refractivity contribution is 6.34. The summed E-state index contributed by atoms with van der Waals surface area (Å²) in [5, 5.41) is 15.8. The number of hydrogen-bond donors (Lipinski definition) is 3. The van der Waals surface area contributed by atoms with Gasteiger partial charge in [0, 0.05) is 26.7 Å². The summed E-state index contributed by atoms with van der Waals surface area (Å²) in [4.78, 5) is 32.7. The maximum absolute atomic E-state index is 12.8. The van der Waals surface area contributed by atoms with E-state index in [1.165, 1.54) is 6.20 Å². The first-order chi connectivity index (χ1) is 15.9. The van der Waals surface area contributed by atoms with Crippen LogP contribution in [0.4, 0.5) is 23.5 Å². The van der Waals surface area contributed by atoms with Crippen LogP contribution in [0.15, 0.2) is 24.4 Å². The lowest BCUT2D eigenvalue weighted by molar-refractivity contribution is 0.101. The van der Waals surface area contributed by atoms with Crippen molar-refractivity contribution in [1.29, 1.82) is 0 Å². The van der Waals surface area contributed by atoms with Crippen molar-refractivity contribution < 1.29 is 9.90 Å². The van der Waals surface area contributed by atoms with E-state index in [0.717, 1.165) is 31.5 Å². The van der Waals surface area contributed by atoms with E-state index >= 15 is 0 Å². The van der Waals surface area contributed by atoms with Gasteiger partial charge in [-0.1, -0.05) is 23.7 Å². The normalized spacial score (nSPS) is 14.4. The van der Waals surface area contributed by atoms with Crippen molar-refractivity contribution in [3.05, 3.63) is 46.5 Å². The molecule has 0 bridgehead atoms. The predicted molar refractivity (Wildman–Crippen MR) is 127 cm³/mol. The van der Waals surface area contributed by atoms with E-state index in [1.54, 1.807) is 24.6 Å². The van der Waals surface area contributed by atoms with Gasteiger partial charge in [0.1, 0.15) is 11.5 Å². The van der Waals surface area contributed by atoms with E-state index < -0.39 is 0 Å². The molecular weight excluding hydrogens is 444 g/mol. The number of aromatic nitrogens is 5. The van der Waals surface area contributed by atoms with Crippen LogP contribution in [0.25, 0.3) is 0 Å². The molecule has 1 fully saturated rings. The number of amides is 1. The van der Waals surface area contributed by atoms with E-state index in [9.17, 15) is 9.90 Å². The van der Waals surface area contributed by atoms with Crippen LogP contribution >= 0.6 is 11.6 Å². The van der Waals surface area contributed by atoms with Gasteiger partial charge >= 0.3 is 0 Å². The van der Waals surface area contributed by atoms with Gasteiger partial charge in [-0.05, 0) is 44.2 Å². The van der Waals surface area contributed by atoms with E-state index in [-0.39, 0.29) is 12.5 Å². The predicted octanol–water partition coefficient (Wildman–Crippen LogP) is 3.08. The fourth-order valence-electron chi connectivity index (χ4n) is 3.79. The number of nitrogens with zero attached hydrogens (tertiary/aromatic N) is 6. The molecule has 0 atom stereocenters. The maximum atomic E-state index is 12.8. The fraction of sp³-hybridized carbons (Fsp3) is 0.409. The summed E-state index contributed by atoms with van der Waals surface area (Å²) in [5.74, 6) is 1.94. The van der Waals surface area contributed by atoms with Crippen LogP contribution in [0.1, 0.15) is 34.7 Å². The molecule has 0 spiro atoms. The van der Waals surface area contributed by atoms with Crippen molar-refractivity contribution in [2.75, 3.05) is 35.2 Å². The molecule has 33 heavy (non-hydrogen) atoms. The van der Waals surface area contributed by atoms with Gasteiger partial charge in [0.2, 0.25) is 17.8 Å². The zero-order valence-electron chi connectivity index (χ0n) is 18.8. The number of aliphatic hydroxyl groups excluding tert-OH is 1. The molecule has 10 nitrogen and oxygen atoms in total. The first kappa shape index (κ1) is 22.9. The number of anilines is 4. The summed E-state index contributed by atoms with van der Waals surface area (Å²) in [6.07, 6.45) is 3.28. The minimum atomic E-state index is -0.325. The highest BCUT2D eigenvalue weighted by atomic mass is 35.5. The lowest BCUT2D eigenvalue weighted by Gasteiger charge is -2.31. The van der Waals surface area contributed by atoms with E-state index in [4.69, 9.17) is 11.6 Å². The minimum absolute atomic E-state index is 0.210. The molecule has 1 saturated heterocycles. The number of piperidine rings is 1. The Morgan fingerprint density at radius 2 is 1.97 bits per heavy atom. The molecule has 0 aliphatic carbocycles. The monoisotopic (exact) mass is 470 g/mol. The van der Waals surface area contributed by atoms with E-state index in [2.05, 4.69) is 35.5 Å². The van der Waals surface area contributed by atoms with Gasteiger partial charge in [-0.3, -0.25) is 10.1 Å². The summed E-state index contributed by atoms with van der Waals surface area (Å²) in [7, 11) is 1.73. The molecule has 1 amide bonds. The molecule has 3 heterocycles. The molecule has 0 unspecified atom stereocenters. The molecule has 3 N–H and O–H groups in total. The summed E-state index contributed by atoms with van der Waals surface area (Å²) in [6.45, 7) is 5.46. The van der Waals surface area contributed by atoms with Crippen LogP contribution in [0.5, 0.6) is 0 Å². The molecule has 174 valence electrons. The van der Waals surface area contributed by atoms with E-state index in [1.807, 2.05) is 19.1 Å². The Balaban J connectivity index is 1.50. The Bertz CT molecular complexity index is 1140. The molecule has 0 saturated carbocycles. The Labute approximate surface area is 197 Å². The number of aliphatic hydroxyl groups is 1. The average molecular weight is 471 g/mol. The number of halogens is 1. The van der Waals surface area contributed by atoms with Crippen LogP contribution in [0.3, 0.4) is 0 Å². The first-order valence-electron chi connectivity index (χ1n) is 10.8.